The SMILES string of the molecule is Cc1cc(N2CCC(N(C)C(=O)c3ccc4c(c3)C(NC(=O)Nc3ccccc3Cl)CC4)CC2)cc(C)n1. The van der Waals surface area contributed by atoms with Crippen molar-refractivity contribution in [2.75, 3.05) is 30.4 Å². The van der Waals surface area contributed by atoms with Gasteiger partial charge >= 0.3 is 6.03 Å². The van der Waals surface area contributed by atoms with Gasteiger partial charge in [-0.05, 0) is 87.1 Å². The number of piperidine rings is 1. The van der Waals surface area contributed by atoms with Gasteiger partial charge in [-0.15, -0.1) is 0 Å². The van der Waals surface area contributed by atoms with E-state index in [-0.39, 0.29) is 24.0 Å². The number of para-hydroxylation sites is 1. The van der Waals surface area contributed by atoms with E-state index in [9.17, 15) is 9.59 Å². The van der Waals surface area contributed by atoms with E-state index in [1.165, 1.54) is 11.3 Å². The van der Waals surface area contributed by atoms with Gasteiger partial charge in [0.15, 0.2) is 0 Å². The topological polar surface area (TPSA) is 77.6 Å². The first-order valence-electron chi connectivity index (χ1n) is 13.2. The maximum absolute atomic E-state index is 13.5. The minimum absolute atomic E-state index is 0.0213. The lowest BCUT2D eigenvalue weighted by Crippen LogP contribution is -2.45. The number of pyridine rings is 1. The number of nitrogens with one attached hydrogen (secondary N) is 2. The Morgan fingerprint density at radius 2 is 1.71 bits per heavy atom. The molecular formula is C30H34ClN5O2. The van der Waals surface area contributed by atoms with Crippen LogP contribution < -0.4 is 15.5 Å². The number of hydrogen-bond acceptors (Lipinski definition) is 4. The third kappa shape index (κ3) is 5.63. The van der Waals surface area contributed by atoms with Gasteiger partial charge in [-0.25, -0.2) is 4.79 Å². The highest BCUT2D eigenvalue weighted by atomic mass is 35.5. The molecule has 38 heavy (non-hydrogen) atoms. The molecule has 2 heterocycles. The number of urea groups is 1. The van der Waals surface area contributed by atoms with E-state index in [1.54, 1.807) is 12.1 Å². The van der Waals surface area contributed by atoms with Crippen molar-refractivity contribution in [3.63, 3.8) is 0 Å². The number of hydrogen-bond donors (Lipinski definition) is 2. The number of carbonyl (C=O) groups is 2. The average molecular weight is 532 g/mol. The molecule has 1 aliphatic carbocycles. The van der Waals surface area contributed by atoms with E-state index in [0.717, 1.165) is 55.7 Å². The molecule has 2 aromatic carbocycles. The highest BCUT2D eigenvalue weighted by Crippen LogP contribution is 2.33. The number of nitrogens with zero attached hydrogens (tertiary/aromatic N) is 3. The van der Waals surface area contributed by atoms with Crippen LogP contribution in [0.5, 0.6) is 0 Å². The maximum atomic E-state index is 13.5. The van der Waals surface area contributed by atoms with Gasteiger partial charge in [0.2, 0.25) is 0 Å². The fourth-order valence-corrected chi connectivity index (χ4v) is 5.82. The summed E-state index contributed by atoms with van der Waals surface area (Å²) in [4.78, 5) is 34.9. The second-order valence-electron chi connectivity index (χ2n) is 10.3. The van der Waals surface area contributed by atoms with E-state index < -0.39 is 0 Å². The Morgan fingerprint density at radius 3 is 2.42 bits per heavy atom. The predicted molar refractivity (Wildman–Crippen MR) is 152 cm³/mol. The summed E-state index contributed by atoms with van der Waals surface area (Å²) in [6, 6.07) is 17.0. The first-order chi connectivity index (χ1) is 18.3. The number of aromatic nitrogens is 1. The van der Waals surface area contributed by atoms with E-state index in [4.69, 9.17) is 11.6 Å². The Hall–Kier alpha value is -3.58. The average Bonchev–Trinajstić information content (AvgIpc) is 3.30. The number of amides is 3. The molecule has 198 valence electrons. The molecule has 0 spiro atoms. The summed E-state index contributed by atoms with van der Waals surface area (Å²) in [7, 11) is 1.91. The van der Waals surface area contributed by atoms with Crippen LogP contribution in [0.4, 0.5) is 16.2 Å². The van der Waals surface area contributed by atoms with Crippen LogP contribution in [0, 0.1) is 13.8 Å². The summed E-state index contributed by atoms with van der Waals surface area (Å²) in [5.74, 6) is 0.0213. The van der Waals surface area contributed by atoms with E-state index >= 15 is 0 Å². The predicted octanol–water partition coefficient (Wildman–Crippen LogP) is 5.90. The lowest BCUT2D eigenvalue weighted by Gasteiger charge is -2.38. The van der Waals surface area contributed by atoms with Crippen molar-refractivity contribution >= 4 is 34.9 Å². The van der Waals surface area contributed by atoms with Crippen LogP contribution >= 0.6 is 11.6 Å². The quantitative estimate of drug-likeness (QED) is 0.429. The van der Waals surface area contributed by atoms with Gasteiger partial charge in [-0.2, -0.15) is 0 Å². The van der Waals surface area contributed by atoms with Crippen molar-refractivity contribution in [3.8, 4) is 0 Å². The zero-order valence-corrected chi connectivity index (χ0v) is 22.9. The Labute approximate surface area is 229 Å². The van der Waals surface area contributed by atoms with Crippen molar-refractivity contribution in [2.45, 2.75) is 51.6 Å². The number of anilines is 2. The van der Waals surface area contributed by atoms with Gasteiger partial charge in [0.25, 0.3) is 5.91 Å². The van der Waals surface area contributed by atoms with Gasteiger partial charge in [0.05, 0.1) is 16.8 Å². The van der Waals surface area contributed by atoms with E-state index in [1.807, 2.05) is 56.1 Å². The summed E-state index contributed by atoms with van der Waals surface area (Å²) >= 11 is 6.18. The summed E-state index contributed by atoms with van der Waals surface area (Å²) in [5, 5.41) is 6.37. The van der Waals surface area contributed by atoms with Gasteiger partial charge in [0, 0.05) is 48.8 Å². The van der Waals surface area contributed by atoms with Crippen molar-refractivity contribution in [2.24, 2.45) is 0 Å². The summed E-state index contributed by atoms with van der Waals surface area (Å²) in [6.45, 7) is 5.86. The number of aryl methyl sites for hydroxylation is 3. The molecule has 1 fully saturated rings. The molecule has 3 amide bonds. The Morgan fingerprint density at radius 1 is 1.00 bits per heavy atom. The highest BCUT2D eigenvalue weighted by Gasteiger charge is 2.29. The van der Waals surface area contributed by atoms with Gasteiger partial charge in [-0.1, -0.05) is 29.8 Å². The zero-order chi connectivity index (χ0) is 26.8. The Balaban J connectivity index is 1.22. The van der Waals surface area contributed by atoms with Crippen LogP contribution in [0.3, 0.4) is 0 Å². The van der Waals surface area contributed by atoms with Crippen LogP contribution in [0.2, 0.25) is 5.02 Å². The van der Waals surface area contributed by atoms with Gasteiger partial charge < -0.3 is 20.4 Å². The molecule has 1 aromatic heterocycles. The molecule has 8 heteroatoms. The smallest absolute Gasteiger partial charge is 0.319 e. The normalized spacial score (nSPS) is 17.2. The first kappa shape index (κ1) is 26.0. The molecule has 1 atom stereocenters. The minimum atomic E-state index is -0.309. The van der Waals surface area contributed by atoms with Crippen LogP contribution in [0.15, 0.2) is 54.6 Å². The number of halogens is 1. The molecule has 0 saturated carbocycles. The van der Waals surface area contributed by atoms with Crippen LogP contribution in [-0.4, -0.2) is 48.0 Å². The highest BCUT2D eigenvalue weighted by molar-refractivity contribution is 6.33. The van der Waals surface area contributed by atoms with Crippen molar-refractivity contribution in [1.82, 2.24) is 15.2 Å². The van der Waals surface area contributed by atoms with Crippen molar-refractivity contribution < 1.29 is 9.59 Å². The molecule has 0 bridgehead atoms. The molecule has 1 saturated heterocycles. The summed E-state index contributed by atoms with van der Waals surface area (Å²) in [5.41, 5.74) is 6.67. The molecule has 2 aliphatic rings. The largest absolute Gasteiger partial charge is 0.371 e. The first-order valence-corrected chi connectivity index (χ1v) is 13.6. The zero-order valence-electron chi connectivity index (χ0n) is 22.1. The van der Waals surface area contributed by atoms with Crippen molar-refractivity contribution in [1.29, 1.82) is 0 Å². The molecule has 7 nitrogen and oxygen atoms in total. The van der Waals surface area contributed by atoms with Crippen LogP contribution in [0.1, 0.15) is 58.2 Å². The number of rotatable bonds is 5. The van der Waals surface area contributed by atoms with Gasteiger partial charge in [-0.3, -0.25) is 9.78 Å². The van der Waals surface area contributed by atoms with Crippen LogP contribution in [0.25, 0.3) is 0 Å². The fourth-order valence-electron chi connectivity index (χ4n) is 5.64. The molecule has 3 aromatic rings. The van der Waals surface area contributed by atoms with E-state index in [2.05, 4.69) is 32.7 Å². The number of fused-ring (bicyclic) bond motifs is 1. The lowest BCUT2D eigenvalue weighted by atomic mass is 10.00. The third-order valence-electron chi connectivity index (χ3n) is 7.66. The number of carbonyl (C=O) groups excluding carboxylic acids is 2. The van der Waals surface area contributed by atoms with Gasteiger partial charge in [0.1, 0.15) is 0 Å². The Bertz CT molecular complexity index is 1330. The third-order valence-corrected chi connectivity index (χ3v) is 7.99. The van der Waals surface area contributed by atoms with Crippen molar-refractivity contribution in [3.05, 3.63) is 87.7 Å². The second kappa shape index (κ2) is 11.0. The lowest BCUT2D eigenvalue weighted by molar-refractivity contribution is 0.0709. The molecular weight excluding hydrogens is 498 g/mol. The number of benzene rings is 2. The Kier molecular flexibility index (Phi) is 7.56. The maximum Gasteiger partial charge on any atom is 0.319 e. The molecule has 2 N–H and O–H groups in total. The standard InChI is InChI=1S/C30H34ClN5O2/c1-19-16-24(17-20(2)32-19)36-14-12-23(13-15-36)35(3)29(37)22-9-8-21-10-11-27(25(21)18-22)33-30(38)34-28-7-5-4-6-26(28)31/h4-9,16-18,23,27H,10-15H2,1-3H3,(H2,33,34,38). The molecule has 1 aliphatic heterocycles. The van der Waals surface area contributed by atoms with E-state index in [0.29, 0.717) is 16.3 Å². The fraction of sp³-hybridized carbons (Fsp3) is 0.367. The molecule has 5 rings (SSSR count). The monoisotopic (exact) mass is 531 g/mol. The molecule has 1 unspecified atom stereocenters. The molecule has 0 radical (unpaired) electrons. The summed E-state index contributed by atoms with van der Waals surface area (Å²) < 4.78 is 0. The van der Waals surface area contributed by atoms with Crippen LogP contribution in [-0.2, 0) is 6.42 Å². The summed E-state index contributed by atoms with van der Waals surface area (Å²) in [6.07, 6.45) is 3.49. The second-order valence-corrected chi connectivity index (χ2v) is 10.7. The minimum Gasteiger partial charge on any atom is -0.371 e.